The molecule has 1 rings (SSSR count). The van der Waals surface area contributed by atoms with Crippen molar-refractivity contribution in [1.29, 1.82) is 0 Å². The molecule has 1 heterocycles. The summed E-state index contributed by atoms with van der Waals surface area (Å²) in [4.78, 5) is 12.7. The van der Waals surface area contributed by atoms with Crippen molar-refractivity contribution in [2.24, 2.45) is 0 Å². The van der Waals surface area contributed by atoms with Crippen LogP contribution in [-0.2, 0) is 19.4 Å². The van der Waals surface area contributed by atoms with Crippen molar-refractivity contribution < 1.29 is 23.1 Å². The molecule has 0 saturated carbocycles. The molecule has 1 saturated heterocycles. The van der Waals surface area contributed by atoms with Gasteiger partial charge in [0.05, 0.1) is 30.1 Å². The topological polar surface area (TPSA) is 83.9 Å². The molecule has 1 atom stereocenters. The molecule has 1 aliphatic heterocycles. The minimum atomic E-state index is -3.18. The van der Waals surface area contributed by atoms with E-state index in [0.29, 0.717) is 26.3 Å². The summed E-state index contributed by atoms with van der Waals surface area (Å²) in [5.74, 6) is -0.841. The van der Waals surface area contributed by atoms with Gasteiger partial charge in [0.15, 0.2) is 9.84 Å². The van der Waals surface area contributed by atoms with Crippen LogP contribution in [0.2, 0.25) is 0 Å². The Balaban J connectivity index is 2.61. The van der Waals surface area contributed by atoms with Crippen molar-refractivity contribution in [2.45, 2.75) is 38.0 Å². The van der Waals surface area contributed by atoms with Crippen molar-refractivity contribution in [3.63, 3.8) is 0 Å². The fourth-order valence-electron chi connectivity index (χ4n) is 1.92. The third kappa shape index (κ3) is 4.74. The maximum absolute atomic E-state index is 12.0. The fraction of sp³-hybridized carbons (Fsp3) is 0.917. The molecular weight excluding hydrogens is 270 g/mol. The zero-order valence-corrected chi connectivity index (χ0v) is 12.6. The first kappa shape index (κ1) is 16.4. The van der Waals surface area contributed by atoms with Crippen LogP contribution in [0.1, 0.15) is 27.2 Å². The highest BCUT2D eigenvalue weighted by molar-refractivity contribution is 7.92. The number of sulfone groups is 1. The maximum atomic E-state index is 12.0. The molecule has 0 bridgehead atoms. The monoisotopic (exact) mass is 293 g/mol. The van der Waals surface area contributed by atoms with Crippen LogP contribution in [0, 0.1) is 0 Å². The van der Waals surface area contributed by atoms with E-state index in [1.165, 1.54) is 0 Å². The van der Waals surface area contributed by atoms with Crippen molar-refractivity contribution in [3.8, 4) is 0 Å². The van der Waals surface area contributed by atoms with E-state index in [-0.39, 0.29) is 18.2 Å². The molecule has 0 radical (unpaired) electrons. The molecule has 0 spiro atoms. The Morgan fingerprint density at radius 3 is 2.58 bits per heavy atom. The Morgan fingerprint density at radius 2 is 2.05 bits per heavy atom. The lowest BCUT2D eigenvalue weighted by Crippen LogP contribution is -2.49. The number of hydrogen-bond acceptors (Lipinski definition) is 5. The first-order valence-electron chi connectivity index (χ1n) is 6.39. The first-order valence-corrected chi connectivity index (χ1v) is 8.04. The van der Waals surface area contributed by atoms with E-state index in [1.807, 2.05) is 4.90 Å². The lowest BCUT2D eigenvalue weighted by molar-refractivity contribution is -0.140. The smallest absolute Gasteiger partial charge is 0.305 e. The van der Waals surface area contributed by atoms with Gasteiger partial charge < -0.3 is 9.84 Å². The minimum Gasteiger partial charge on any atom is -0.481 e. The Bertz CT molecular complexity index is 412. The van der Waals surface area contributed by atoms with Crippen LogP contribution < -0.4 is 0 Å². The fourth-order valence-corrected chi connectivity index (χ4v) is 3.00. The summed E-state index contributed by atoms with van der Waals surface area (Å²) in [6.45, 7) is 6.84. The molecule has 0 aromatic heterocycles. The molecule has 7 heteroatoms. The van der Waals surface area contributed by atoms with Crippen LogP contribution in [0.5, 0.6) is 0 Å². The Hall–Kier alpha value is -0.660. The molecular formula is C12H23NO5S. The Kier molecular flexibility index (Phi) is 5.34. The predicted molar refractivity (Wildman–Crippen MR) is 72.0 cm³/mol. The lowest BCUT2D eigenvalue weighted by atomic mass is 10.1. The quantitative estimate of drug-likeness (QED) is 0.788. The second-order valence-electron chi connectivity index (χ2n) is 5.79. The van der Waals surface area contributed by atoms with Crippen LogP contribution in [0.25, 0.3) is 0 Å². The molecule has 19 heavy (non-hydrogen) atoms. The van der Waals surface area contributed by atoms with E-state index in [9.17, 15) is 13.2 Å². The van der Waals surface area contributed by atoms with Crippen molar-refractivity contribution in [3.05, 3.63) is 0 Å². The molecule has 0 amide bonds. The molecule has 6 nitrogen and oxygen atoms in total. The maximum Gasteiger partial charge on any atom is 0.305 e. The SMILES string of the molecule is CC(C)(C)S(=O)(=O)CCN1CCOCC1CC(=O)O. The van der Waals surface area contributed by atoms with Crippen LogP contribution in [-0.4, -0.2) is 67.2 Å². The van der Waals surface area contributed by atoms with E-state index in [4.69, 9.17) is 9.84 Å². The highest BCUT2D eigenvalue weighted by Gasteiger charge is 2.31. The van der Waals surface area contributed by atoms with Crippen LogP contribution in [0.15, 0.2) is 0 Å². The van der Waals surface area contributed by atoms with Crippen LogP contribution >= 0.6 is 0 Å². The summed E-state index contributed by atoms with van der Waals surface area (Å²) < 4.78 is 28.6. The number of carboxylic acid groups (broad SMARTS) is 1. The zero-order chi connectivity index (χ0) is 14.7. The Morgan fingerprint density at radius 1 is 1.42 bits per heavy atom. The lowest BCUT2D eigenvalue weighted by Gasteiger charge is -2.35. The summed E-state index contributed by atoms with van der Waals surface area (Å²) in [5.41, 5.74) is 0. The number of ether oxygens (including phenoxy) is 1. The van der Waals surface area contributed by atoms with Gasteiger partial charge in [-0.1, -0.05) is 0 Å². The Labute approximate surface area is 114 Å². The number of hydrogen-bond donors (Lipinski definition) is 1. The molecule has 1 aliphatic rings. The molecule has 0 aromatic rings. The predicted octanol–water partition coefficient (Wildman–Crippen LogP) is 0.375. The van der Waals surface area contributed by atoms with Gasteiger partial charge in [-0.2, -0.15) is 0 Å². The van der Waals surface area contributed by atoms with Gasteiger partial charge in [0.2, 0.25) is 0 Å². The second kappa shape index (κ2) is 6.19. The molecule has 0 aliphatic carbocycles. The van der Waals surface area contributed by atoms with Crippen LogP contribution in [0.3, 0.4) is 0 Å². The van der Waals surface area contributed by atoms with Gasteiger partial charge in [0.25, 0.3) is 0 Å². The summed E-state index contributed by atoms with van der Waals surface area (Å²) in [6.07, 6.45) is -0.0183. The van der Waals surface area contributed by atoms with E-state index in [2.05, 4.69) is 0 Å². The number of carboxylic acids is 1. The van der Waals surface area contributed by atoms with E-state index < -0.39 is 20.6 Å². The zero-order valence-electron chi connectivity index (χ0n) is 11.8. The molecule has 1 fully saturated rings. The van der Waals surface area contributed by atoms with Gasteiger partial charge in [0, 0.05) is 19.1 Å². The third-order valence-corrected chi connectivity index (χ3v) is 5.93. The van der Waals surface area contributed by atoms with Gasteiger partial charge in [-0.3, -0.25) is 9.69 Å². The first-order chi connectivity index (χ1) is 8.63. The number of morpholine rings is 1. The summed E-state index contributed by atoms with van der Waals surface area (Å²) >= 11 is 0. The van der Waals surface area contributed by atoms with Crippen molar-refractivity contribution >= 4 is 15.8 Å². The number of carbonyl (C=O) groups is 1. The number of nitrogens with zero attached hydrogens (tertiary/aromatic N) is 1. The molecule has 0 aromatic carbocycles. The molecule has 1 N–H and O–H groups in total. The molecule has 1 unspecified atom stereocenters. The van der Waals surface area contributed by atoms with E-state index >= 15 is 0 Å². The second-order valence-corrected chi connectivity index (χ2v) is 8.66. The highest BCUT2D eigenvalue weighted by atomic mass is 32.2. The number of rotatable bonds is 5. The van der Waals surface area contributed by atoms with Gasteiger partial charge in [0.1, 0.15) is 0 Å². The largest absolute Gasteiger partial charge is 0.481 e. The van der Waals surface area contributed by atoms with Crippen molar-refractivity contribution in [2.75, 3.05) is 32.1 Å². The average Bonchev–Trinajstić information content (AvgIpc) is 2.25. The average molecular weight is 293 g/mol. The van der Waals surface area contributed by atoms with Gasteiger partial charge in [-0.05, 0) is 20.8 Å². The van der Waals surface area contributed by atoms with E-state index in [0.717, 1.165) is 0 Å². The molecule has 112 valence electrons. The van der Waals surface area contributed by atoms with Crippen molar-refractivity contribution in [1.82, 2.24) is 4.90 Å². The van der Waals surface area contributed by atoms with Gasteiger partial charge in [-0.25, -0.2) is 8.42 Å². The highest BCUT2D eigenvalue weighted by Crippen LogP contribution is 2.17. The van der Waals surface area contributed by atoms with E-state index in [1.54, 1.807) is 20.8 Å². The summed E-state index contributed by atoms with van der Waals surface area (Å²) in [6, 6.07) is -0.235. The minimum absolute atomic E-state index is 0.0183. The number of aliphatic carboxylic acids is 1. The normalized spacial score (nSPS) is 22.4. The summed E-state index contributed by atoms with van der Waals surface area (Å²) in [5, 5.41) is 8.84. The third-order valence-electron chi connectivity index (χ3n) is 3.34. The van der Waals surface area contributed by atoms with Gasteiger partial charge >= 0.3 is 5.97 Å². The van der Waals surface area contributed by atoms with Crippen LogP contribution in [0.4, 0.5) is 0 Å². The standard InChI is InChI=1S/C12H23NO5S/c1-12(2,3)19(16,17)7-5-13-4-6-18-9-10(13)8-11(14)15/h10H,4-9H2,1-3H3,(H,14,15). The summed E-state index contributed by atoms with van der Waals surface area (Å²) in [7, 11) is -3.18. The van der Waals surface area contributed by atoms with Gasteiger partial charge in [-0.15, -0.1) is 0 Å².